The van der Waals surface area contributed by atoms with Gasteiger partial charge in [-0.15, -0.1) is 0 Å². The second-order valence-corrected chi connectivity index (χ2v) is 6.83. The van der Waals surface area contributed by atoms with E-state index in [4.69, 9.17) is 0 Å². The van der Waals surface area contributed by atoms with E-state index in [0.717, 1.165) is 18.1 Å². The summed E-state index contributed by atoms with van der Waals surface area (Å²) in [7, 11) is 2.12. The maximum absolute atomic E-state index is 3.48. The standard InChI is InChI=1S/C14H28N2/c1-10(14(2,3)4)16-12-6-7-13(16)9-11(8-12)15-5/h10-13,15H,6-9H2,1-5H3. The fourth-order valence-electron chi connectivity index (χ4n) is 3.53. The molecule has 2 saturated heterocycles. The molecular weight excluding hydrogens is 196 g/mol. The largest absolute Gasteiger partial charge is 0.317 e. The molecular formula is C14H28N2. The Morgan fingerprint density at radius 1 is 1.12 bits per heavy atom. The Kier molecular flexibility index (Phi) is 3.33. The highest BCUT2D eigenvalue weighted by atomic mass is 15.3. The molecule has 0 saturated carbocycles. The van der Waals surface area contributed by atoms with Crippen LogP contribution in [0.15, 0.2) is 0 Å². The molecule has 2 aliphatic heterocycles. The summed E-state index contributed by atoms with van der Waals surface area (Å²) in [4.78, 5) is 2.83. The minimum absolute atomic E-state index is 0.410. The van der Waals surface area contributed by atoms with Crippen molar-refractivity contribution in [2.45, 2.75) is 77.5 Å². The van der Waals surface area contributed by atoms with Crippen LogP contribution in [-0.4, -0.2) is 36.1 Å². The summed E-state index contributed by atoms with van der Waals surface area (Å²) in [5, 5.41) is 3.48. The second-order valence-electron chi connectivity index (χ2n) is 6.83. The van der Waals surface area contributed by atoms with Gasteiger partial charge in [-0.3, -0.25) is 4.90 Å². The Labute approximate surface area is 101 Å². The van der Waals surface area contributed by atoms with Crippen LogP contribution in [0.2, 0.25) is 0 Å². The smallest absolute Gasteiger partial charge is 0.0121 e. The molecule has 2 heterocycles. The van der Waals surface area contributed by atoms with Gasteiger partial charge < -0.3 is 5.32 Å². The molecule has 0 amide bonds. The molecule has 2 nitrogen and oxygen atoms in total. The molecule has 0 aromatic heterocycles. The number of hydrogen-bond donors (Lipinski definition) is 1. The van der Waals surface area contributed by atoms with Crippen LogP contribution >= 0.6 is 0 Å². The van der Waals surface area contributed by atoms with Gasteiger partial charge in [-0.05, 0) is 45.1 Å². The Morgan fingerprint density at radius 2 is 1.62 bits per heavy atom. The van der Waals surface area contributed by atoms with Gasteiger partial charge in [-0.2, -0.15) is 0 Å². The van der Waals surface area contributed by atoms with Gasteiger partial charge in [0.25, 0.3) is 0 Å². The summed E-state index contributed by atoms with van der Waals surface area (Å²) in [5.74, 6) is 0. The van der Waals surface area contributed by atoms with Crippen molar-refractivity contribution < 1.29 is 0 Å². The van der Waals surface area contributed by atoms with Gasteiger partial charge in [0.1, 0.15) is 0 Å². The lowest BCUT2D eigenvalue weighted by Crippen LogP contribution is -2.55. The average molecular weight is 224 g/mol. The topological polar surface area (TPSA) is 15.3 Å². The first-order valence-electron chi connectivity index (χ1n) is 6.88. The first kappa shape index (κ1) is 12.4. The van der Waals surface area contributed by atoms with Crippen molar-refractivity contribution in [2.24, 2.45) is 5.41 Å². The predicted octanol–water partition coefficient (Wildman–Crippen LogP) is 2.64. The maximum atomic E-state index is 3.48. The molecule has 94 valence electrons. The zero-order chi connectivity index (χ0) is 11.9. The summed E-state index contributed by atoms with van der Waals surface area (Å²) in [6.07, 6.45) is 5.55. The summed E-state index contributed by atoms with van der Waals surface area (Å²) < 4.78 is 0. The number of nitrogens with one attached hydrogen (secondary N) is 1. The van der Waals surface area contributed by atoms with Crippen LogP contribution < -0.4 is 5.32 Å². The number of nitrogens with zero attached hydrogens (tertiary/aromatic N) is 1. The normalized spacial score (nSPS) is 37.7. The van der Waals surface area contributed by atoms with E-state index in [2.05, 4.69) is 45.0 Å². The highest BCUT2D eigenvalue weighted by Gasteiger charge is 2.44. The van der Waals surface area contributed by atoms with E-state index in [-0.39, 0.29) is 0 Å². The summed E-state index contributed by atoms with van der Waals surface area (Å²) in [6, 6.07) is 3.15. The van der Waals surface area contributed by atoms with Crippen molar-refractivity contribution in [2.75, 3.05) is 7.05 Å². The van der Waals surface area contributed by atoms with Crippen LogP contribution in [0.3, 0.4) is 0 Å². The van der Waals surface area contributed by atoms with Crippen LogP contribution in [0.1, 0.15) is 53.4 Å². The Bertz CT molecular complexity index is 230. The highest BCUT2D eigenvalue weighted by molar-refractivity contribution is 5.00. The molecule has 3 unspecified atom stereocenters. The third-order valence-corrected chi connectivity index (χ3v) is 4.90. The van der Waals surface area contributed by atoms with Gasteiger partial charge in [-0.1, -0.05) is 20.8 Å². The van der Waals surface area contributed by atoms with Gasteiger partial charge in [0.15, 0.2) is 0 Å². The van der Waals surface area contributed by atoms with E-state index in [0.29, 0.717) is 11.5 Å². The third-order valence-electron chi connectivity index (χ3n) is 4.90. The minimum atomic E-state index is 0.410. The molecule has 2 bridgehead atoms. The zero-order valence-corrected chi connectivity index (χ0v) is 11.6. The molecule has 1 N–H and O–H groups in total. The predicted molar refractivity (Wildman–Crippen MR) is 69.6 cm³/mol. The Balaban J connectivity index is 2.08. The molecule has 16 heavy (non-hydrogen) atoms. The molecule has 2 fully saturated rings. The van der Waals surface area contributed by atoms with Crippen LogP contribution in [0.25, 0.3) is 0 Å². The lowest BCUT2D eigenvalue weighted by molar-refractivity contribution is 0.0274. The fraction of sp³-hybridized carbons (Fsp3) is 1.00. The Hall–Kier alpha value is -0.0800. The number of hydrogen-bond acceptors (Lipinski definition) is 2. The molecule has 0 radical (unpaired) electrons. The molecule has 0 aromatic carbocycles. The second kappa shape index (κ2) is 4.30. The molecule has 0 aromatic rings. The summed E-state index contributed by atoms with van der Waals surface area (Å²) >= 11 is 0. The molecule has 2 heteroatoms. The van der Waals surface area contributed by atoms with E-state index in [1.807, 2.05) is 0 Å². The van der Waals surface area contributed by atoms with Gasteiger partial charge in [0, 0.05) is 24.2 Å². The van der Waals surface area contributed by atoms with Crippen molar-refractivity contribution >= 4 is 0 Å². The van der Waals surface area contributed by atoms with Crippen LogP contribution in [0.4, 0.5) is 0 Å². The molecule has 0 spiro atoms. The first-order valence-corrected chi connectivity index (χ1v) is 6.88. The van der Waals surface area contributed by atoms with E-state index in [1.54, 1.807) is 0 Å². The number of rotatable bonds is 2. The van der Waals surface area contributed by atoms with Crippen LogP contribution in [-0.2, 0) is 0 Å². The summed E-state index contributed by atoms with van der Waals surface area (Å²) in [5.41, 5.74) is 0.410. The minimum Gasteiger partial charge on any atom is -0.317 e. The van der Waals surface area contributed by atoms with E-state index in [9.17, 15) is 0 Å². The lowest BCUT2D eigenvalue weighted by Gasteiger charge is -2.47. The SMILES string of the molecule is CNC1CC2CCC(C1)N2C(C)C(C)(C)C. The van der Waals surface area contributed by atoms with Crippen LogP contribution in [0, 0.1) is 5.41 Å². The molecule has 0 aliphatic carbocycles. The average Bonchev–Trinajstić information content (AvgIpc) is 2.46. The van der Waals surface area contributed by atoms with Gasteiger partial charge in [0.2, 0.25) is 0 Å². The van der Waals surface area contributed by atoms with Crippen molar-refractivity contribution in [3.05, 3.63) is 0 Å². The highest BCUT2D eigenvalue weighted by Crippen LogP contribution is 2.40. The first-order chi connectivity index (χ1) is 7.43. The van der Waals surface area contributed by atoms with E-state index < -0.39 is 0 Å². The third kappa shape index (κ3) is 2.14. The van der Waals surface area contributed by atoms with E-state index in [1.165, 1.54) is 25.7 Å². The fourth-order valence-corrected chi connectivity index (χ4v) is 3.53. The zero-order valence-electron chi connectivity index (χ0n) is 11.6. The molecule has 3 atom stereocenters. The van der Waals surface area contributed by atoms with Crippen molar-refractivity contribution in [1.29, 1.82) is 0 Å². The lowest BCUT2D eigenvalue weighted by atomic mass is 9.83. The number of piperidine rings is 1. The quantitative estimate of drug-likeness (QED) is 0.776. The van der Waals surface area contributed by atoms with Crippen LogP contribution in [0.5, 0.6) is 0 Å². The monoisotopic (exact) mass is 224 g/mol. The van der Waals surface area contributed by atoms with Gasteiger partial charge in [0.05, 0.1) is 0 Å². The van der Waals surface area contributed by atoms with Crippen molar-refractivity contribution in [1.82, 2.24) is 10.2 Å². The molecule has 2 aliphatic rings. The van der Waals surface area contributed by atoms with Crippen molar-refractivity contribution in [3.8, 4) is 0 Å². The molecule has 2 rings (SSSR count). The van der Waals surface area contributed by atoms with Gasteiger partial charge >= 0.3 is 0 Å². The summed E-state index contributed by atoms with van der Waals surface area (Å²) in [6.45, 7) is 9.55. The van der Waals surface area contributed by atoms with Crippen molar-refractivity contribution in [3.63, 3.8) is 0 Å². The Morgan fingerprint density at radius 3 is 2.00 bits per heavy atom. The number of fused-ring (bicyclic) bond motifs is 2. The van der Waals surface area contributed by atoms with E-state index >= 15 is 0 Å². The maximum Gasteiger partial charge on any atom is 0.0121 e. The van der Waals surface area contributed by atoms with Gasteiger partial charge in [-0.25, -0.2) is 0 Å².